The molecule has 2 aromatic rings. The highest BCUT2D eigenvalue weighted by atomic mass is 32.2. The number of rotatable bonds is 5. The highest BCUT2D eigenvalue weighted by Gasteiger charge is 2.50. The van der Waals surface area contributed by atoms with Crippen molar-refractivity contribution in [1.82, 2.24) is 5.32 Å². The minimum atomic E-state index is -0.973. The van der Waals surface area contributed by atoms with Gasteiger partial charge >= 0.3 is 0 Å². The second-order valence-electron chi connectivity index (χ2n) is 7.46. The number of aliphatic imine (C=N–C) groups is 1. The summed E-state index contributed by atoms with van der Waals surface area (Å²) in [5.41, 5.74) is 1.92. The number of amides is 1. The maximum Gasteiger partial charge on any atom is 0.224 e. The Labute approximate surface area is 184 Å². The van der Waals surface area contributed by atoms with Gasteiger partial charge in [-0.05, 0) is 42.5 Å². The first-order valence-corrected chi connectivity index (χ1v) is 12.0. The van der Waals surface area contributed by atoms with Gasteiger partial charge in [-0.15, -0.1) is 11.8 Å². The van der Waals surface area contributed by atoms with Crippen molar-refractivity contribution in [2.75, 3.05) is 11.6 Å². The van der Waals surface area contributed by atoms with Crippen LogP contribution < -0.4 is 10.6 Å². The van der Waals surface area contributed by atoms with E-state index >= 15 is 0 Å². The topological polar surface area (TPSA) is 94.0 Å². The zero-order valence-corrected chi connectivity index (χ0v) is 18.2. The lowest BCUT2D eigenvalue weighted by Crippen LogP contribution is -2.53. The van der Waals surface area contributed by atoms with Crippen LogP contribution in [0, 0.1) is 5.92 Å². The van der Waals surface area contributed by atoms with E-state index in [1.54, 1.807) is 11.8 Å². The summed E-state index contributed by atoms with van der Waals surface area (Å²) in [6.45, 7) is 0.435. The van der Waals surface area contributed by atoms with E-state index in [2.05, 4.69) is 15.6 Å². The summed E-state index contributed by atoms with van der Waals surface area (Å²) in [6, 6.07) is 17.2. The van der Waals surface area contributed by atoms with Crippen molar-refractivity contribution >= 4 is 40.3 Å². The van der Waals surface area contributed by atoms with Gasteiger partial charge in [0.25, 0.3) is 0 Å². The molecule has 5 atom stereocenters. The Balaban J connectivity index is 1.44. The molecule has 1 saturated carbocycles. The fourth-order valence-corrected chi connectivity index (χ4v) is 5.61. The fourth-order valence-electron chi connectivity index (χ4n) is 3.82. The van der Waals surface area contributed by atoms with Crippen LogP contribution in [0.15, 0.2) is 64.5 Å². The van der Waals surface area contributed by atoms with Gasteiger partial charge in [-0.2, -0.15) is 0 Å². The van der Waals surface area contributed by atoms with E-state index in [0.717, 1.165) is 11.3 Å². The molecule has 30 heavy (non-hydrogen) atoms. The van der Waals surface area contributed by atoms with Crippen molar-refractivity contribution in [1.29, 1.82) is 0 Å². The zero-order chi connectivity index (χ0) is 21.1. The Morgan fingerprint density at radius 1 is 1.17 bits per heavy atom. The molecule has 0 unspecified atom stereocenters. The number of benzene rings is 2. The summed E-state index contributed by atoms with van der Waals surface area (Å²) >= 11 is 3.14. The van der Waals surface area contributed by atoms with Crippen molar-refractivity contribution in [3.8, 4) is 0 Å². The van der Waals surface area contributed by atoms with Crippen molar-refractivity contribution in [2.24, 2.45) is 10.9 Å². The van der Waals surface area contributed by atoms with Gasteiger partial charge in [0.2, 0.25) is 5.91 Å². The average molecular weight is 444 g/mol. The Bertz CT molecular complexity index is 908. The van der Waals surface area contributed by atoms with Crippen molar-refractivity contribution in [3.63, 3.8) is 0 Å². The van der Waals surface area contributed by atoms with E-state index in [-0.39, 0.29) is 17.6 Å². The smallest absolute Gasteiger partial charge is 0.224 e. The lowest BCUT2D eigenvalue weighted by atomic mass is 9.81. The van der Waals surface area contributed by atoms with Crippen LogP contribution in [0.3, 0.4) is 0 Å². The molecular formula is C22H25N3O3S2. The zero-order valence-electron chi connectivity index (χ0n) is 16.6. The Kier molecular flexibility index (Phi) is 6.67. The van der Waals surface area contributed by atoms with Crippen LogP contribution in [0.1, 0.15) is 12.0 Å². The standard InChI is InChI=1S/C22H25N3O3S2/c1-29-15-9-7-14(8-10-15)24-22-25-18-19(27)17(26)11-16(20(18)30-22)21(28)23-12-13-5-3-2-4-6-13/h2-10,16-20,26-27H,11-12H2,1H3,(H,23,28)(H,24,25)/t16-,17+,18-,19-,20+/m0/s1. The Hall–Kier alpha value is -2.00. The Morgan fingerprint density at radius 2 is 1.90 bits per heavy atom. The first kappa shape index (κ1) is 21.2. The summed E-state index contributed by atoms with van der Waals surface area (Å²) in [4.78, 5) is 18.7. The maximum atomic E-state index is 12.9. The van der Waals surface area contributed by atoms with Gasteiger partial charge in [-0.3, -0.25) is 9.79 Å². The molecule has 0 bridgehead atoms. The van der Waals surface area contributed by atoms with Gasteiger partial charge < -0.3 is 20.8 Å². The third-order valence-electron chi connectivity index (χ3n) is 5.47. The number of anilines is 1. The number of hydrogen-bond donors (Lipinski definition) is 4. The number of carbonyl (C=O) groups excluding carboxylic acids is 1. The molecule has 0 spiro atoms. The molecule has 1 aliphatic heterocycles. The first-order chi connectivity index (χ1) is 14.5. The lowest BCUT2D eigenvalue weighted by Gasteiger charge is -2.37. The van der Waals surface area contributed by atoms with Gasteiger partial charge in [0.15, 0.2) is 5.17 Å². The van der Waals surface area contributed by atoms with Gasteiger partial charge in [0.05, 0.1) is 18.1 Å². The molecule has 6 nitrogen and oxygen atoms in total. The quantitative estimate of drug-likeness (QED) is 0.531. The second-order valence-corrected chi connectivity index (χ2v) is 9.51. The number of thioether (sulfide) groups is 2. The SMILES string of the molecule is CSc1ccc(NC2=N[C@H]3[C@@H](O)[C@H](O)C[C@H](C(=O)NCc4ccccc4)[C@H]3S2)cc1. The third-order valence-corrected chi connectivity index (χ3v) is 7.53. The van der Waals surface area contributed by atoms with E-state index in [4.69, 9.17) is 0 Å². The molecule has 2 aromatic carbocycles. The van der Waals surface area contributed by atoms with Gasteiger partial charge in [0.1, 0.15) is 6.10 Å². The maximum absolute atomic E-state index is 12.9. The van der Waals surface area contributed by atoms with E-state index in [1.165, 1.54) is 16.7 Å². The average Bonchev–Trinajstić information content (AvgIpc) is 3.19. The molecule has 1 amide bonds. The number of nitrogens with one attached hydrogen (secondary N) is 2. The third kappa shape index (κ3) is 4.67. The van der Waals surface area contributed by atoms with Crippen LogP contribution in [-0.2, 0) is 11.3 Å². The van der Waals surface area contributed by atoms with Crippen molar-refractivity contribution in [3.05, 3.63) is 60.2 Å². The predicted octanol–water partition coefficient (Wildman–Crippen LogP) is 2.72. The van der Waals surface area contributed by atoms with E-state index in [9.17, 15) is 15.0 Å². The molecule has 1 heterocycles. The molecule has 1 fully saturated rings. The number of hydrogen-bond acceptors (Lipinski definition) is 7. The molecule has 1 aliphatic carbocycles. The minimum absolute atomic E-state index is 0.118. The molecule has 158 valence electrons. The first-order valence-electron chi connectivity index (χ1n) is 9.88. The van der Waals surface area contributed by atoms with E-state index in [0.29, 0.717) is 11.7 Å². The summed E-state index contributed by atoms with van der Waals surface area (Å²) in [7, 11) is 0. The number of fused-ring (bicyclic) bond motifs is 1. The van der Waals surface area contributed by atoms with Crippen LogP contribution in [0.5, 0.6) is 0 Å². The van der Waals surface area contributed by atoms with Crippen LogP contribution in [0.25, 0.3) is 0 Å². The van der Waals surface area contributed by atoms with Crippen LogP contribution in [0.4, 0.5) is 5.69 Å². The summed E-state index contributed by atoms with van der Waals surface area (Å²) in [5.74, 6) is -0.544. The molecule has 2 aliphatic rings. The predicted molar refractivity (Wildman–Crippen MR) is 123 cm³/mol. The minimum Gasteiger partial charge on any atom is -0.390 e. The summed E-state index contributed by atoms with van der Waals surface area (Å²) in [6.07, 6.45) is 0.308. The molecule has 4 N–H and O–H groups in total. The molecule has 0 aromatic heterocycles. The normalized spacial score (nSPS) is 27.8. The van der Waals surface area contributed by atoms with Gasteiger partial charge in [-0.1, -0.05) is 42.1 Å². The van der Waals surface area contributed by atoms with E-state index < -0.39 is 24.2 Å². The van der Waals surface area contributed by atoms with Gasteiger partial charge in [-0.25, -0.2) is 0 Å². The molecule has 0 saturated heterocycles. The number of carbonyl (C=O) groups is 1. The number of aliphatic hydroxyl groups is 2. The molecule has 0 radical (unpaired) electrons. The highest BCUT2D eigenvalue weighted by Crippen LogP contribution is 2.41. The monoisotopic (exact) mass is 443 g/mol. The summed E-state index contributed by atoms with van der Waals surface area (Å²) in [5, 5.41) is 27.5. The van der Waals surface area contributed by atoms with Crippen LogP contribution in [0.2, 0.25) is 0 Å². The van der Waals surface area contributed by atoms with Crippen LogP contribution >= 0.6 is 23.5 Å². The van der Waals surface area contributed by atoms with Gasteiger partial charge in [0, 0.05) is 22.4 Å². The second kappa shape index (κ2) is 9.43. The number of amidine groups is 1. The highest BCUT2D eigenvalue weighted by molar-refractivity contribution is 8.15. The Morgan fingerprint density at radius 3 is 2.60 bits per heavy atom. The molecule has 8 heteroatoms. The molecular weight excluding hydrogens is 418 g/mol. The van der Waals surface area contributed by atoms with E-state index in [1.807, 2.05) is 60.9 Å². The number of aliphatic hydroxyl groups excluding tert-OH is 2. The fraction of sp³-hybridized carbons (Fsp3) is 0.364. The largest absolute Gasteiger partial charge is 0.390 e. The lowest BCUT2D eigenvalue weighted by molar-refractivity contribution is -0.129. The summed E-state index contributed by atoms with van der Waals surface area (Å²) < 4.78 is 0. The van der Waals surface area contributed by atoms with Crippen molar-refractivity contribution in [2.45, 2.75) is 41.4 Å². The molecule has 4 rings (SSSR count). The number of nitrogens with zero attached hydrogens (tertiary/aromatic N) is 1. The van der Waals surface area contributed by atoms with Crippen molar-refractivity contribution < 1.29 is 15.0 Å². The van der Waals surface area contributed by atoms with Crippen LogP contribution in [-0.4, -0.2) is 51.0 Å².